The summed E-state index contributed by atoms with van der Waals surface area (Å²) in [7, 11) is 0. The molecule has 186 valence electrons. The van der Waals surface area contributed by atoms with Crippen molar-refractivity contribution in [1.82, 2.24) is 10.6 Å². The molecule has 1 saturated heterocycles. The first-order valence-electron chi connectivity index (χ1n) is 12.0. The first kappa shape index (κ1) is 25.3. The second-order valence-electron chi connectivity index (χ2n) is 8.44. The highest BCUT2D eigenvalue weighted by atomic mass is 32.1. The van der Waals surface area contributed by atoms with Crippen molar-refractivity contribution in [3.05, 3.63) is 95.6 Å². The first-order valence-corrected chi connectivity index (χ1v) is 12.4. The monoisotopic (exact) mass is 503 g/mol. The maximum Gasteiger partial charge on any atom is 0.257 e. The lowest BCUT2D eigenvalue weighted by molar-refractivity contribution is 0.0857. The second-order valence-corrected chi connectivity index (χ2v) is 8.85. The van der Waals surface area contributed by atoms with Gasteiger partial charge in [0.05, 0.1) is 12.7 Å². The minimum absolute atomic E-state index is 0.0948. The molecule has 1 atom stereocenters. The van der Waals surface area contributed by atoms with E-state index >= 15 is 0 Å². The number of amides is 2. The van der Waals surface area contributed by atoms with Crippen LogP contribution in [-0.4, -0.2) is 42.8 Å². The molecule has 0 radical (unpaired) electrons. The average Bonchev–Trinajstić information content (AvgIpc) is 3.42. The van der Waals surface area contributed by atoms with E-state index in [2.05, 4.69) is 28.1 Å². The van der Waals surface area contributed by atoms with E-state index in [4.69, 9.17) is 21.7 Å². The van der Waals surface area contributed by atoms with Crippen LogP contribution in [0.15, 0.2) is 78.9 Å². The van der Waals surface area contributed by atoms with E-state index in [9.17, 15) is 9.59 Å². The molecule has 8 heteroatoms. The highest BCUT2D eigenvalue weighted by Gasteiger charge is 2.16. The zero-order valence-electron chi connectivity index (χ0n) is 19.9. The standard InChI is InChI=1S/C28H29N3O4S/c32-26(29-19-25-10-5-16-34-25)21-11-13-23(14-12-21)30-28(36)31-27(33)22-8-4-9-24(18-22)35-17-15-20-6-2-1-3-7-20/h1-4,6-9,11-14,18,25H,5,10,15-17,19H2,(H,29,32)(H2,30,31,33,36). The fraction of sp³-hybridized carbons (Fsp3) is 0.250. The maximum atomic E-state index is 12.7. The van der Waals surface area contributed by atoms with Crippen molar-refractivity contribution in [3.63, 3.8) is 0 Å². The second kappa shape index (κ2) is 12.8. The largest absolute Gasteiger partial charge is 0.493 e. The quantitative estimate of drug-likeness (QED) is 0.377. The van der Waals surface area contributed by atoms with Crippen molar-refractivity contribution in [3.8, 4) is 5.75 Å². The van der Waals surface area contributed by atoms with Crippen LogP contribution in [0.5, 0.6) is 5.75 Å². The van der Waals surface area contributed by atoms with Gasteiger partial charge in [0.25, 0.3) is 11.8 Å². The number of thiocarbonyl (C=S) groups is 1. The fourth-order valence-electron chi connectivity index (χ4n) is 3.82. The third kappa shape index (κ3) is 7.63. The van der Waals surface area contributed by atoms with Crippen LogP contribution >= 0.6 is 12.2 Å². The molecule has 2 amide bonds. The topological polar surface area (TPSA) is 88.7 Å². The van der Waals surface area contributed by atoms with Crippen molar-refractivity contribution in [2.24, 2.45) is 0 Å². The number of hydrogen-bond acceptors (Lipinski definition) is 5. The average molecular weight is 504 g/mol. The SMILES string of the molecule is O=C(NCC1CCCO1)c1ccc(NC(=S)NC(=O)c2cccc(OCCc3ccccc3)c2)cc1. The van der Waals surface area contributed by atoms with Crippen LogP contribution in [-0.2, 0) is 11.2 Å². The van der Waals surface area contributed by atoms with Crippen molar-refractivity contribution in [2.45, 2.75) is 25.4 Å². The minimum Gasteiger partial charge on any atom is -0.493 e. The Balaban J connectivity index is 1.23. The van der Waals surface area contributed by atoms with Crippen molar-refractivity contribution < 1.29 is 19.1 Å². The Labute approximate surface area is 216 Å². The van der Waals surface area contributed by atoms with Crippen molar-refractivity contribution in [1.29, 1.82) is 0 Å². The number of ether oxygens (including phenoxy) is 2. The summed E-state index contributed by atoms with van der Waals surface area (Å²) < 4.78 is 11.3. The summed E-state index contributed by atoms with van der Waals surface area (Å²) in [5.74, 6) is 0.121. The van der Waals surface area contributed by atoms with E-state index in [1.54, 1.807) is 42.5 Å². The van der Waals surface area contributed by atoms with Crippen LogP contribution in [0.1, 0.15) is 39.1 Å². The van der Waals surface area contributed by atoms with Gasteiger partial charge in [-0.15, -0.1) is 0 Å². The van der Waals surface area contributed by atoms with E-state index in [0.717, 1.165) is 25.9 Å². The number of rotatable bonds is 9. The van der Waals surface area contributed by atoms with Crippen molar-refractivity contribution >= 4 is 34.8 Å². The fourth-order valence-corrected chi connectivity index (χ4v) is 4.03. The van der Waals surface area contributed by atoms with E-state index in [-0.39, 0.29) is 23.0 Å². The summed E-state index contributed by atoms with van der Waals surface area (Å²) in [6, 6.07) is 23.9. The number of anilines is 1. The molecule has 0 bridgehead atoms. The number of benzene rings is 3. The van der Waals surface area contributed by atoms with Crippen LogP contribution in [0, 0.1) is 0 Å². The zero-order chi connectivity index (χ0) is 25.2. The summed E-state index contributed by atoms with van der Waals surface area (Å²) in [6.07, 6.45) is 2.88. The van der Waals surface area contributed by atoms with Gasteiger partial charge in [0.15, 0.2) is 5.11 Å². The highest BCUT2D eigenvalue weighted by molar-refractivity contribution is 7.80. The molecule has 1 aliphatic heterocycles. The van der Waals surface area contributed by atoms with Crippen LogP contribution < -0.4 is 20.7 Å². The summed E-state index contributed by atoms with van der Waals surface area (Å²) in [5, 5.41) is 8.70. The Kier molecular flexibility index (Phi) is 9.02. The molecular formula is C28H29N3O4S. The predicted octanol–water partition coefficient (Wildman–Crippen LogP) is 4.34. The predicted molar refractivity (Wildman–Crippen MR) is 144 cm³/mol. The van der Waals surface area contributed by atoms with Gasteiger partial charge in [0, 0.05) is 36.4 Å². The summed E-state index contributed by atoms with van der Waals surface area (Å²) in [5.41, 5.74) is 2.83. The molecular weight excluding hydrogens is 474 g/mol. The van der Waals surface area contributed by atoms with Gasteiger partial charge in [0.2, 0.25) is 0 Å². The summed E-state index contributed by atoms with van der Waals surface area (Å²) >= 11 is 5.29. The van der Waals surface area contributed by atoms with Crippen LogP contribution in [0.3, 0.4) is 0 Å². The lowest BCUT2D eigenvalue weighted by atomic mass is 10.1. The van der Waals surface area contributed by atoms with E-state index in [1.807, 2.05) is 24.3 Å². The summed E-state index contributed by atoms with van der Waals surface area (Å²) in [4.78, 5) is 25.0. The third-order valence-electron chi connectivity index (χ3n) is 5.74. The van der Waals surface area contributed by atoms with Crippen LogP contribution in [0.2, 0.25) is 0 Å². The molecule has 3 aromatic carbocycles. The third-order valence-corrected chi connectivity index (χ3v) is 5.95. The van der Waals surface area contributed by atoms with Crippen LogP contribution in [0.4, 0.5) is 5.69 Å². The van der Waals surface area contributed by atoms with Gasteiger partial charge in [-0.1, -0.05) is 36.4 Å². The molecule has 1 heterocycles. The van der Waals surface area contributed by atoms with E-state index in [0.29, 0.717) is 35.7 Å². The van der Waals surface area contributed by atoms with Gasteiger partial charge in [-0.2, -0.15) is 0 Å². The summed E-state index contributed by atoms with van der Waals surface area (Å²) in [6.45, 7) is 1.77. The number of nitrogens with one attached hydrogen (secondary N) is 3. The maximum absolute atomic E-state index is 12.7. The molecule has 3 N–H and O–H groups in total. The molecule has 1 fully saturated rings. The smallest absolute Gasteiger partial charge is 0.257 e. The molecule has 0 spiro atoms. The molecule has 3 aromatic rings. The van der Waals surface area contributed by atoms with Gasteiger partial charge >= 0.3 is 0 Å². The Bertz CT molecular complexity index is 1180. The zero-order valence-corrected chi connectivity index (χ0v) is 20.7. The number of carbonyl (C=O) groups is 2. The van der Waals surface area contributed by atoms with E-state index < -0.39 is 0 Å². The van der Waals surface area contributed by atoms with Gasteiger partial charge in [-0.05, 0) is 73.1 Å². The van der Waals surface area contributed by atoms with Gasteiger partial charge in [0.1, 0.15) is 5.75 Å². The number of hydrogen-bond donors (Lipinski definition) is 3. The molecule has 36 heavy (non-hydrogen) atoms. The Morgan fingerprint density at radius 3 is 2.50 bits per heavy atom. The Hall–Kier alpha value is -3.75. The number of carbonyl (C=O) groups excluding carboxylic acids is 2. The first-order chi connectivity index (χ1) is 17.6. The molecule has 1 aliphatic rings. The van der Waals surface area contributed by atoms with Gasteiger partial charge < -0.3 is 20.1 Å². The molecule has 7 nitrogen and oxygen atoms in total. The lowest BCUT2D eigenvalue weighted by Crippen LogP contribution is -2.34. The lowest BCUT2D eigenvalue weighted by Gasteiger charge is -2.12. The van der Waals surface area contributed by atoms with Crippen LogP contribution in [0.25, 0.3) is 0 Å². The normalized spacial score (nSPS) is 14.6. The van der Waals surface area contributed by atoms with E-state index in [1.165, 1.54) is 5.56 Å². The Morgan fingerprint density at radius 1 is 0.944 bits per heavy atom. The van der Waals surface area contributed by atoms with Gasteiger partial charge in [-0.3, -0.25) is 14.9 Å². The molecule has 0 aromatic heterocycles. The molecule has 1 unspecified atom stereocenters. The van der Waals surface area contributed by atoms with Crippen molar-refractivity contribution in [2.75, 3.05) is 25.1 Å². The molecule has 4 rings (SSSR count). The molecule has 0 saturated carbocycles. The highest BCUT2D eigenvalue weighted by Crippen LogP contribution is 2.15. The molecule has 0 aliphatic carbocycles. The van der Waals surface area contributed by atoms with Gasteiger partial charge in [-0.25, -0.2) is 0 Å². The Morgan fingerprint density at radius 2 is 1.75 bits per heavy atom. The minimum atomic E-state index is -0.342.